The van der Waals surface area contributed by atoms with Gasteiger partial charge in [0, 0.05) is 23.5 Å². The highest BCUT2D eigenvalue weighted by molar-refractivity contribution is 9.10. The molecule has 1 N–H and O–H groups in total. The molecule has 1 saturated carbocycles. The summed E-state index contributed by atoms with van der Waals surface area (Å²) in [5.74, 6) is 0.692. The Morgan fingerprint density at radius 1 is 1.10 bits per heavy atom. The SMILES string of the molecule is C[C@H](C(=O)NC1CCCC1)N(Cc1ccc(Br)cc1)C(=O)CCCOc1ccccc1. The van der Waals surface area contributed by atoms with Crippen LogP contribution in [0.5, 0.6) is 5.75 Å². The lowest BCUT2D eigenvalue weighted by Gasteiger charge is -2.30. The van der Waals surface area contributed by atoms with Crippen LogP contribution in [0.15, 0.2) is 59.1 Å². The molecule has 1 atom stereocenters. The predicted octanol–water partition coefficient (Wildman–Crippen LogP) is 5.08. The number of nitrogens with zero attached hydrogens (tertiary/aromatic N) is 1. The molecule has 0 aliphatic heterocycles. The minimum atomic E-state index is -0.521. The van der Waals surface area contributed by atoms with Crippen LogP contribution in [0.1, 0.15) is 51.0 Å². The summed E-state index contributed by atoms with van der Waals surface area (Å²) in [7, 11) is 0. The number of carbonyl (C=O) groups is 2. The fraction of sp³-hybridized carbons (Fsp3) is 0.440. The molecule has 2 aromatic rings. The van der Waals surface area contributed by atoms with Crippen LogP contribution in [0.4, 0.5) is 0 Å². The second-order valence-electron chi connectivity index (χ2n) is 8.08. The molecule has 0 unspecified atom stereocenters. The molecule has 166 valence electrons. The predicted molar refractivity (Wildman–Crippen MR) is 126 cm³/mol. The number of para-hydroxylation sites is 1. The van der Waals surface area contributed by atoms with Gasteiger partial charge in [0.15, 0.2) is 0 Å². The molecular formula is C25H31BrN2O3. The summed E-state index contributed by atoms with van der Waals surface area (Å²) in [6, 6.07) is 17.2. The van der Waals surface area contributed by atoms with E-state index >= 15 is 0 Å². The molecule has 0 bridgehead atoms. The van der Waals surface area contributed by atoms with Crippen molar-refractivity contribution in [1.82, 2.24) is 10.2 Å². The van der Waals surface area contributed by atoms with Gasteiger partial charge in [0.2, 0.25) is 11.8 Å². The lowest BCUT2D eigenvalue weighted by molar-refractivity contribution is -0.141. The molecule has 0 spiro atoms. The van der Waals surface area contributed by atoms with Crippen LogP contribution < -0.4 is 10.1 Å². The van der Waals surface area contributed by atoms with Crippen LogP contribution in [0.3, 0.4) is 0 Å². The van der Waals surface area contributed by atoms with Gasteiger partial charge in [0.25, 0.3) is 0 Å². The third-order valence-corrected chi connectivity index (χ3v) is 6.21. The zero-order valence-electron chi connectivity index (χ0n) is 18.1. The van der Waals surface area contributed by atoms with Gasteiger partial charge in [0.1, 0.15) is 11.8 Å². The van der Waals surface area contributed by atoms with Crippen molar-refractivity contribution in [3.63, 3.8) is 0 Å². The van der Waals surface area contributed by atoms with Crippen molar-refractivity contribution >= 4 is 27.7 Å². The van der Waals surface area contributed by atoms with Crippen LogP contribution in [0.25, 0.3) is 0 Å². The van der Waals surface area contributed by atoms with Crippen LogP contribution >= 0.6 is 15.9 Å². The molecule has 0 aromatic heterocycles. The minimum absolute atomic E-state index is 0.0337. The van der Waals surface area contributed by atoms with E-state index in [9.17, 15) is 9.59 Å². The Kier molecular flexibility index (Phi) is 8.95. The zero-order valence-corrected chi connectivity index (χ0v) is 19.6. The van der Waals surface area contributed by atoms with Gasteiger partial charge in [-0.25, -0.2) is 0 Å². The van der Waals surface area contributed by atoms with Crippen molar-refractivity contribution in [1.29, 1.82) is 0 Å². The van der Waals surface area contributed by atoms with E-state index in [4.69, 9.17) is 4.74 Å². The molecule has 2 aromatic carbocycles. The van der Waals surface area contributed by atoms with Gasteiger partial charge < -0.3 is 15.0 Å². The quantitative estimate of drug-likeness (QED) is 0.476. The first-order valence-corrected chi connectivity index (χ1v) is 11.8. The zero-order chi connectivity index (χ0) is 22.1. The van der Waals surface area contributed by atoms with E-state index in [2.05, 4.69) is 21.2 Å². The van der Waals surface area contributed by atoms with Crippen molar-refractivity contribution in [3.05, 3.63) is 64.6 Å². The highest BCUT2D eigenvalue weighted by atomic mass is 79.9. The third-order valence-electron chi connectivity index (χ3n) is 5.68. The molecule has 1 aliphatic rings. The minimum Gasteiger partial charge on any atom is -0.494 e. The van der Waals surface area contributed by atoms with Gasteiger partial charge in [-0.1, -0.05) is 59.1 Å². The number of hydrogen-bond donors (Lipinski definition) is 1. The fourth-order valence-electron chi connectivity index (χ4n) is 3.83. The van der Waals surface area contributed by atoms with Gasteiger partial charge in [-0.3, -0.25) is 9.59 Å². The Bertz CT molecular complexity index is 836. The molecule has 31 heavy (non-hydrogen) atoms. The topological polar surface area (TPSA) is 58.6 Å². The Morgan fingerprint density at radius 3 is 2.45 bits per heavy atom. The van der Waals surface area contributed by atoms with E-state index in [-0.39, 0.29) is 17.9 Å². The number of nitrogens with one attached hydrogen (secondary N) is 1. The highest BCUT2D eigenvalue weighted by Crippen LogP contribution is 2.19. The van der Waals surface area contributed by atoms with Gasteiger partial charge in [-0.2, -0.15) is 0 Å². The van der Waals surface area contributed by atoms with E-state index in [0.717, 1.165) is 41.5 Å². The van der Waals surface area contributed by atoms with Gasteiger partial charge >= 0.3 is 0 Å². The van der Waals surface area contributed by atoms with E-state index in [1.807, 2.05) is 61.5 Å². The van der Waals surface area contributed by atoms with Crippen molar-refractivity contribution in [2.24, 2.45) is 0 Å². The number of hydrogen-bond acceptors (Lipinski definition) is 3. The molecule has 6 heteroatoms. The van der Waals surface area contributed by atoms with E-state index < -0.39 is 6.04 Å². The normalized spacial score (nSPS) is 14.8. The van der Waals surface area contributed by atoms with E-state index in [1.165, 1.54) is 0 Å². The summed E-state index contributed by atoms with van der Waals surface area (Å²) in [5.41, 5.74) is 0.998. The Labute approximate surface area is 193 Å². The van der Waals surface area contributed by atoms with Crippen molar-refractivity contribution in [3.8, 4) is 5.75 Å². The Balaban J connectivity index is 1.59. The van der Waals surface area contributed by atoms with Crippen molar-refractivity contribution < 1.29 is 14.3 Å². The molecule has 0 saturated heterocycles. The lowest BCUT2D eigenvalue weighted by atomic mass is 10.1. The third kappa shape index (κ3) is 7.39. The van der Waals surface area contributed by atoms with Crippen LogP contribution in [0, 0.1) is 0 Å². The molecular weight excluding hydrogens is 456 g/mol. The monoisotopic (exact) mass is 486 g/mol. The number of halogens is 1. The maximum Gasteiger partial charge on any atom is 0.242 e. The maximum absolute atomic E-state index is 13.1. The average Bonchev–Trinajstić information content (AvgIpc) is 3.29. The van der Waals surface area contributed by atoms with E-state index in [0.29, 0.717) is 26.0 Å². The standard InChI is InChI=1S/C25H31BrN2O3/c1-19(25(30)27-22-8-5-6-9-22)28(18-20-13-15-21(26)16-14-20)24(29)12-7-17-31-23-10-3-2-4-11-23/h2-4,10-11,13-16,19,22H,5-9,12,17-18H2,1H3,(H,27,30)/t19-/m1/s1. The second kappa shape index (κ2) is 11.9. The number of rotatable bonds is 10. The van der Waals surface area contributed by atoms with Gasteiger partial charge in [0.05, 0.1) is 6.61 Å². The van der Waals surface area contributed by atoms with Crippen molar-refractivity contribution in [2.75, 3.05) is 6.61 Å². The summed E-state index contributed by atoms with van der Waals surface area (Å²) >= 11 is 3.44. The summed E-state index contributed by atoms with van der Waals surface area (Å²) < 4.78 is 6.69. The van der Waals surface area contributed by atoms with Gasteiger partial charge in [-0.15, -0.1) is 0 Å². The smallest absolute Gasteiger partial charge is 0.242 e. The molecule has 1 aliphatic carbocycles. The number of amides is 2. The van der Waals surface area contributed by atoms with Gasteiger partial charge in [-0.05, 0) is 56.0 Å². The second-order valence-corrected chi connectivity index (χ2v) is 8.99. The average molecular weight is 487 g/mol. The summed E-state index contributed by atoms with van der Waals surface area (Å²) in [5, 5.41) is 3.13. The molecule has 0 heterocycles. The first-order chi connectivity index (χ1) is 15.0. The maximum atomic E-state index is 13.1. The van der Waals surface area contributed by atoms with Crippen LogP contribution in [-0.2, 0) is 16.1 Å². The molecule has 3 rings (SSSR count). The molecule has 5 nitrogen and oxygen atoms in total. The molecule has 2 amide bonds. The first kappa shape index (κ1) is 23.3. The van der Waals surface area contributed by atoms with Crippen molar-refractivity contribution in [2.45, 2.75) is 64.1 Å². The van der Waals surface area contributed by atoms with Crippen LogP contribution in [-0.4, -0.2) is 35.4 Å². The van der Waals surface area contributed by atoms with E-state index in [1.54, 1.807) is 4.90 Å². The summed E-state index contributed by atoms with van der Waals surface area (Å²) in [4.78, 5) is 27.6. The summed E-state index contributed by atoms with van der Waals surface area (Å²) in [6.45, 7) is 2.69. The summed E-state index contributed by atoms with van der Waals surface area (Å²) in [6.07, 6.45) is 5.29. The number of ether oxygens (including phenoxy) is 1. The highest BCUT2D eigenvalue weighted by Gasteiger charge is 2.28. The molecule has 0 radical (unpaired) electrons. The number of benzene rings is 2. The van der Waals surface area contributed by atoms with Crippen LogP contribution in [0.2, 0.25) is 0 Å². The Morgan fingerprint density at radius 2 is 1.77 bits per heavy atom. The Hall–Kier alpha value is -2.34. The fourth-order valence-corrected chi connectivity index (χ4v) is 4.10. The number of carbonyl (C=O) groups excluding carboxylic acids is 2. The largest absolute Gasteiger partial charge is 0.494 e. The molecule has 1 fully saturated rings. The first-order valence-electron chi connectivity index (χ1n) is 11.0. The lowest BCUT2D eigenvalue weighted by Crippen LogP contribution is -2.49.